The molecule has 0 N–H and O–H groups in total. The Kier molecular flexibility index (Phi) is 4.50. The van der Waals surface area contributed by atoms with Crippen molar-refractivity contribution in [3.63, 3.8) is 0 Å². The van der Waals surface area contributed by atoms with Gasteiger partial charge in [-0.25, -0.2) is 0 Å². The minimum atomic E-state index is -0.00556. The first-order valence-corrected chi connectivity index (χ1v) is 8.07. The summed E-state index contributed by atoms with van der Waals surface area (Å²) in [6.07, 6.45) is 2.64. The molecule has 0 aliphatic carbocycles. The van der Waals surface area contributed by atoms with Crippen LogP contribution in [-0.2, 0) is 20.7 Å². The van der Waals surface area contributed by atoms with E-state index in [1.165, 1.54) is 5.56 Å². The number of likely N-dealkylation sites (tertiary alicyclic amines) is 1. The van der Waals surface area contributed by atoms with Crippen LogP contribution in [0.15, 0.2) is 24.3 Å². The molecule has 2 aliphatic heterocycles. The molecule has 4 nitrogen and oxygen atoms in total. The molecule has 2 fully saturated rings. The van der Waals surface area contributed by atoms with Crippen LogP contribution in [0, 0.1) is 12.3 Å². The van der Waals surface area contributed by atoms with Crippen molar-refractivity contribution in [2.75, 3.05) is 33.4 Å². The van der Waals surface area contributed by atoms with Crippen LogP contribution in [0.5, 0.6) is 0 Å². The number of methoxy groups -OCH3 is 1. The minimum Gasteiger partial charge on any atom is -0.384 e. The molecular weight excluding hydrogens is 278 g/mol. The fourth-order valence-electron chi connectivity index (χ4n) is 3.84. The number of rotatable bonds is 4. The minimum absolute atomic E-state index is 0.00556. The van der Waals surface area contributed by atoms with E-state index in [0.717, 1.165) is 38.1 Å². The lowest BCUT2D eigenvalue weighted by Gasteiger charge is -2.43. The van der Waals surface area contributed by atoms with Gasteiger partial charge in [-0.05, 0) is 30.9 Å². The normalized spacial score (nSPS) is 27.7. The molecule has 0 radical (unpaired) electrons. The zero-order valence-electron chi connectivity index (χ0n) is 13.5. The molecule has 120 valence electrons. The molecule has 0 unspecified atom stereocenters. The maximum absolute atomic E-state index is 12.7. The predicted molar refractivity (Wildman–Crippen MR) is 84.7 cm³/mol. The van der Waals surface area contributed by atoms with Crippen LogP contribution in [0.1, 0.15) is 24.0 Å². The molecule has 2 heterocycles. The number of amides is 1. The summed E-state index contributed by atoms with van der Waals surface area (Å²) in [6.45, 7) is 5.07. The number of ether oxygens (including phenoxy) is 2. The number of piperidine rings is 1. The highest BCUT2D eigenvalue weighted by molar-refractivity contribution is 5.79. The molecule has 2 saturated heterocycles. The number of nitrogens with zero attached hydrogens (tertiary/aromatic N) is 1. The summed E-state index contributed by atoms with van der Waals surface area (Å²) in [5, 5.41) is 0. The van der Waals surface area contributed by atoms with Gasteiger partial charge < -0.3 is 14.4 Å². The second-order valence-corrected chi connectivity index (χ2v) is 6.61. The molecular formula is C18H25NO3. The van der Waals surface area contributed by atoms with Gasteiger partial charge in [0.1, 0.15) is 0 Å². The Morgan fingerprint density at radius 2 is 2.27 bits per heavy atom. The van der Waals surface area contributed by atoms with Gasteiger partial charge in [-0.15, -0.1) is 0 Å². The fourth-order valence-corrected chi connectivity index (χ4v) is 3.84. The number of benzene rings is 1. The lowest BCUT2D eigenvalue weighted by atomic mass is 9.77. The third-order valence-corrected chi connectivity index (χ3v) is 5.16. The van der Waals surface area contributed by atoms with Crippen molar-refractivity contribution in [2.45, 2.75) is 32.3 Å². The highest BCUT2D eigenvalue weighted by Crippen LogP contribution is 2.41. The number of carbonyl (C=O) groups is 1. The molecule has 0 bridgehead atoms. The summed E-state index contributed by atoms with van der Waals surface area (Å²) >= 11 is 0. The Morgan fingerprint density at radius 1 is 1.45 bits per heavy atom. The van der Waals surface area contributed by atoms with Crippen LogP contribution >= 0.6 is 0 Å². The number of fused-ring (bicyclic) bond motifs is 1. The zero-order valence-corrected chi connectivity index (χ0v) is 13.5. The Bertz CT molecular complexity index is 545. The molecule has 1 aromatic carbocycles. The van der Waals surface area contributed by atoms with Gasteiger partial charge in [-0.3, -0.25) is 4.79 Å². The molecule has 3 rings (SSSR count). The average molecular weight is 303 g/mol. The van der Waals surface area contributed by atoms with Gasteiger partial charge in [0.05, 0.1) is 19.1 Å². The van der Waals surface area contributed by atoms with Crippen molar-refractivity contribution < 1.29 is 14.3 Å². The van der Waals surface area contributed by atoms with E-state index in [0.29, 0.717) is 13.0 Å². The van der Waals surface area contributed by atoms with Crippen molar-refractivity contribution in [1.29, 1.82) is 0 Å². The Morgan fingerprint density at radius 3 is 3.05 bits per heavy atom. The van der Waals surface area contributed by atoms with Crippen LogP contribution in [0.4, 0.5) is 0 Å². The Balaban J connectivity index is 1.70. The molecule has 0 saturated carbocycles. The van der Waals surface area contributed by atoms with E-state index in [1.807, 2.05) is 23.1 Å². The zero-order chi connectivity index (χ0) is 15.6. The molecule has 1 amide bonds. The third kappa shape index (κ3) is 2.90. The Labute approximate surface area is 132 Å². The van der Waals surface area contributed by atoms with Crippen LogP contribution in [0.25, 0.3) is 0 Å². The predicted octanol–water partition coefficient (Wildman–Crippen LogP) is 2.19. The van der Waals surface area contributed by atoms with Gasteiger partial charge >= 0.3 is 0 Å². The number of carbonyl (C=O) groups excluding carboxylic acids is 1. The Hall–Kier alpha value is -1.39. The van der Waals surface area contributed by atoms with Gasteiger partial charge in [-0.2, -0.15) is 0 Å². The molecule has 4 heteroatoms. The van der Waals surface area contributed by atoms with Gasteiger partial charge in [0, 0.05) is 32.2 Å². The van der Waals surface area contributed by atoms with Crippen molar-refractivity contribution in [3.05, 3.63) is 35.4 Å². The molecule has 2 aliphatic rings. The third-order valence-electron chi connectivity index (χ3n) is 5.16. The monoisotopic (exact) mass is 303 g/mol. The maximum atomic E-state index is 12.7. The summed E-state index contributed by atoms with van der Waals surface area (Å²) < 4.78 is 11.3. The van der Waals surface area contributed by atoms with Gasteiger partial charge in [-0.1, -0.05) is 24.3 Å². The molecule has 0 aromatic heterocycles. The second-order valence-electron chi connectivity index (χ2n) is 6.61. The van der Waals surface area contributed by atoms with Crippen LogP contribution in [0.3, 0.4) is 0 Å². The molecule has 0 spiro atoms. The topological polar surface area (TPSA) is 38.8 Å². The van der Waals surface area contributed by atoms with E-state index in [-0.39, 0.29) is 17.4 Å². The summed E-state index contributed by atoms with van der Waals surface area (Å²) in [6, 6.07) is 8.12. The average Bonchev–Trinajstić information content (AvgIpc) is 2.92. The first-order chi connectivity index (χ1) is 10.6. The van der Waals surface area contributed by atoms with E-state index in [4.69, 9.17) is 9.47 Å². The largest absolute Gasteiger partial charge is 0.384 e. The van der Waals surface area contributed by atoms with Crippen molar-refractivity contribution in [3.8, 4) is 0 Å². The smallest absolute Gasteiger partial charge is 0.227 e. The second kappa shape index (κ2) is 6.39. The quantitative estimate of drug-likeness (QED) is 0.856. The number of aryl methyl sites for hydroxylation is 1. The number of hydrogen-bond acceptors (Lipinski definition) is 3. The van der Waals surface area contributed by atoms with Gasteiger partial charge in [0.25, 0.3) is 0 Å². The highest BCUT2D eigenvalue weighted by atomic mass is 16.5. The molecule has 22 heavy (non-hydrogen) atoms. The van der Waals surface area contributed by atoms with Crippen LogP contribution < -0.4 is 0 Å². The molecule has 1 aromatic rings. The molecule has 2 atom stereocenters. The SMILES string of the molecule is COC[C@@]12CCO[C@@H]1CCN(C(=O)Cc1ccccc1C)C2. The standard InChI is InChI=1S/C18H25NO3/c1-14-5-3-4-6-15(14)11-17(20)19-9-7-16-18(12-19,13-21-2)8-10-22-16/h3-6,16H,7-13H2,1-2H3/t16-,18+/m1/s1. The lowest BCUT2D eigenvalue weighted by molar-refractivity contribution is -0.138. The summed E-state index contributed by atoms with van der Waals surface area (Å²) in [5.41, 5.74) is 2.30. The highest BCUT2D eigenvalue weighted by Gasteiger charge is 2.48. The van der Waals surface area contributed by atoms with E-state index >= 15 is 0 Å². The van der Waals surface area contributed by atoms with E-state index in [1.54, 1.807) is 7.11 Å². The van der Waals surface area contributed by atoms with Crippen molar-refractivity contribution >= 4 is 5.91 Å². The summed E-state index contributed by atoms with van der Waals surface area (Å²) in [7, 11) is 1.73. The van der Waals surface area contributed by atoms with Gasteiger partial charge in [0.2, 0.25) is 5.91 Å². The summed E-state index contributed by atoms with van der Waals surface area (Å²) in [4.78, 5) is 14.7. The number of hydrogen-bond donors (Lipinski definition) is 0. The van der Waals surface area contributed by atoms with Crippen molar-refractivity contribution in [2.24, 2.45) is 5.41 Å². The summed E-state index contributed by atoms with van der Waals surface area (Å²) in [5.74, 6) is 0.218. The van der Waals surface area contributed by atoms with Crippen LogP contribution in [0.2, 0.25) is 0 Å². The maximum Gasteiger partial charge on any atom is 0.227 e. The van der Waals surface area contributed by atoms with E-state index in [9.17, 15) is 4.79 Å². The van der Waals surface area contributed by atoms with Gasteiger partial charge in [0.15, 0.2) is 0 Å². The first-order valence-electron chi connectivity index (χ1n) is 8.07. The van der Waals surface area contributed by atoms with E-state index in [2.05, 4.69) is 13.0 Å². The van der Waals surface area contributed by atoms with Crippen LogP contribution in [-0.4, -0.2) is 50.3 Å². The fraction of sp³-hybridized carbons (Fsp3) is 0.611. The lowest BCUT2D eigenvalue weighted by Crippen LogP contribution is -2.53. The van der Waals surface area contributed by atoms with E-state index < -0.39 is 0 Å². The first kappa shape index (κ1) is 15.5. The van der Waals surface area contributed by atoms with Crippen molar-refractivity contribution in [1.82, 2.24) is 4.90 Å².